The number of carbonyl (C=O) groups excluding carboxylic acids is 2. The molecule has 0 saturated heterocycles. The van der Waals surface area contributed by atoms with Gasteiger partial charge in [-0.05, 0) is 51.0 Å². The smallest absolute Gasteiger partial charge is 0.338 e. The molecule has 1 amide bonds. The Morgan fingerprint density at radius 3 is 2.33 bits per heavy atom. The number of aromatic nitrogens is 2. The highest BCUT2D eigenvalue weighted by Crippen LogP contribution is 2.19. The summed E-state index contributed by atoms with van der Waals surface area (Å²) in [7, 11) is 0. The van der Waals surface area contributed by atoms with Gasteiger partial charge in [0.05, 0.1) is 34.0 Å². The van der Waals surface area contributed by atoms with Gasteiger partial charge in [0.25, 0.3) is 5.91 Å². The summed E-state index contributed by atoms with van der Waals surface area (Å²) in [6.07, 6.45) is 0.811. The zero-order valence-corrected chi connectivity index (χ0v) is 17.8. The topological polar surface area (TPSA) is 81.2 Å². The lowest BCUT2D eigenvalue weighted by molar-refractivity contribution is -0.129. The number of aryl methyl sites for hydroxylation is 2. The van der Waals surface area contributed by atoms with Crippen LogP contribution >= 0.6 is 0 Å². The molecule has 0 bridgehead atoms. The molecule has 1 N–H and O–H groups in total. The Bertz CT molecular complexity index is 1050. The molecule has 0 aliphatic carbocycles. The van der Waals surface area contributed by atoms with Gasteiger partial charge in [-0.2, -0.15) is 0 Å². The molecule has 1 heterocycles. The second kappa shape index (κ2) is 9.48. The molecule has 0 spiro atoms. The number of rotatable bonds is 7. The number of nitrogens with one attached hydrogen (secondary N) is 1. The number of amides is 1. The third-order valence-electron chi connectivity index (χ3n) is 5.06. The van der Waals surface area contributed by atoms with Crippen molar-refractivity contribution in [3.05, 3.63) is 71.0 Å². The van der Waals surface area contributed by atoms with Crippen LogP contribution < -0.4 is 5.32 Å². The van der Waals surface area contributed by atoms with Gasteiger partial charge in [-0.15, -0.1) is 0 Å². The molecule has 156 valence electrons. The van der Waals surface area contributed by atoms with Gasteiger partial charge in [0, 0.05) is 0 Å². The number of benzene rings is 2. The van der Waals surface area contributed by atoms with Crippen molar-refractivity contribution in [1.29, 1.82) is 0 Å². The Hall–Kier alpha value is -3.28. The van der Waals surface area contributed by atoms with Crippen molar-refractivity contribution in [1.82, 2.24) is 15.3 Å². The molecule has 30 heavy (non-hydrogen) atoms. The first kappa shape index (κ1) is 21.4. The predicted molar refractivity (Wildman–Crippen MR) is 116 cm³/mol. The molecular formula is C24H27N3O3. The van der Waals surface area contributed by atoms with E-state index in [0.717, 1.165) is 29.8 Å². The third kappa shape index (κ3) is 5.00. The molecular weight excluding hydrogens is 378 g/mol. The summed E-state index contributed by atoms with van der Waals surface area (Å²) >= 11 is 0. The molecule has 0 unspecified atom stereocenters. The fourth-order valence-electron chi connectivity index (χ4n) is 3.23. The average Bonchev–Trinajstić information content (AvgIpc) is 2.74. The zero-order chi connectivity index (χ0) is 21.7. The minimum atomic E-state index is -0.915. The Labute approximate surface area is 176 Å². The highest BCUT2D eigenvalue weighted by molar-refractivity contribution is 5.95. The molecule has 0 saturated carbocycles. The minimum Gasteiger partial charge on any atom is -0.449 e. The standard InChI is InChI=1S/C24H27N3O3/c1-5-9-20(18-10-7-6-8-11-18)27-23(28)17(4)30-24(29)19-12-13-21-22(14-19)26-16(3)15(2)25-21/h6-8,10-14,17,20H,5,9H2,1-4H3,(H,27,28)/t17-,20-/m0/s1. The number of hydrogen-bond acceptors (Lipinski definition) is 5. The van der Waals surface area contributed by atoms with Crippen molar-refractivity contribution in [2.75, 3.05) is 0 Å². The number of hydrogen-bond donors (Lipinski definition) is 1. The molecule has 0 aliphatic heterocycles. The predicted octanol–water partition coefficient (Wildman–Crippen LogP) is 4.45. The van der Waals surface area contributed by atoms with Crippen LogP contribution in [0.4, 0.5) is 0 Å². The number of fused-ring (bicyclic) bond motifs is 1. The molecule has 3 aromatic rings. The van der Waals surface area contributed by atoms with E-state index in [2.05, 4.69) is 22.2 Å². The van der Waals surface area contributed by atoms with Crippen LogP contribution in [0.1, 0.15) is 60.0 Å². The van der Waals surface area contributed by atoms with Crippen molar-refractivity contribution >= 4 is 22.9 Å². The van der Waals surface area contributed by atoms with Crippen molar-refractivity contribution in [2.24, 2.45) is 0 Å². The van der Waals surface area contributed by atoms with E-state index in [-0.39, 0.29) is 11.9 Å². The van der Waals surface area contributed by atoms with Crippen LogP contribution in [0.5, 0.6) is 0 Å². The van der Waals surface area contributed by atoms with Gasteiger partial charge >= 0.3 is 5.97 Å². The van der Waals surface area contributed by atoms with Gasteiger partial charge < -0.3 is 10.1 Å². The molecule has 2 atom stereocenters. The second-order valence-electron chi connectivity index (χ2n) is 7.41. The summed E-state index contributed by atoms with van der Waals surface area (Å²) in [6, 6.07) is 14.7. The first-order valence-electron chi connectivity index (χ1n) is 10.2. The summed E-state index contributed by atoms with van der Waals surface area (Å²) in [5.74, 6) is -0.885. The quantitative estimate of drug-likeness (QED) is 0.587. The highest BCUT2D eigenvalue weighted by atomic mass is 16.5. The monoisotopic (exact) mass is 405 g/mol. The van der Waals surface area contributed by atoms with Crippen LogP contribution in [0, 0.1) is 13.8 Å². The van der Waals surface area contributed by atoms with Gasteiger partial charge in [-0.1, -0.05) is 43.7 Å². The van der Waals surface area contributed by atoms with Crippen LogP contribution in [-0.4, -0.2) is 27.9 Å². The lowest BCUT2D eigenvalue weighted by atomic mass is 10.0. The van der Waals surface area contributed by atoms with E-state index in [1.54, 1.807) is 25.1 Å². The van der Waals surface area contributed by atoms with Crippen molar-refractivity contribution in [3.63, 3.8) is 0 Å². The molecule has 1 aromatic heterocycles. The molecule has 6 heteroatoms. The van der Waals surface area contributed by atoms with E-state index in [1.165, 1.54) is 0 Å². The Morgan fingerprint density at radius 2 is 1.67 bits per heavy atom. The van der Waals surface area contributed by atoms with Crippen molar-refractivity contribution < 1.29 is 14.3 Å². The third-order valence-corrected chi connectivity index (χ3v) is 5.06. The van der Waals surface area contributed by atoms with E-state index in [9.17, 15) is 9.59 Å². The summed E-state index contributed by atoms with van der Waals surface area (Å²) in [6.45, 7) is 7.41. The molecule has 2 aromatic carbocycles. The maximum absolute atomic E-state index is 12.7. The number of nitrogens with zero attached hydrogens (tertiary/aromatic N) is 2. The Morgan fingerprint density at radius 1 is 1.00 bits per heavy atom. The number of carbonyl (C=O) groups is 2. The van der Waals surface area contributed by atoms with E-state index in [0.29, 0.717) is 16.6 Å². The summed E-state index contributed by atoms with van der Waals surface area (Å²) in [5, 5.41) is 3.00. The largest absolute Gasteiger partial charge is 0.449 e. The Kier molecular flexibility index (Phi) is 6.77. The van der Waals surface area contributed by atoms with Crippen LogP contribution in [0.3, 0.4) is 0 Å². The van der Waals surface area contributed by atoms with E-state index in [4.69, 9.17) is 4.74 Å². The fourth-order valence-corrected chi connectivity index (χ4v) is 3.23. The van der Waals surface area contributed by atoms with Gasteiger partial charge in [-0.3, -0.25) is 4.79 Å². The fraction of sp³-hybridized carbons (Fsp3) is 0.333. The van der Waals surface area contributed by atoms with Crippen molar-refractivity contribution in [3.8, 4) is 0 Å². The lowest BCUT2D eigenvalue weighted by Gasteiger charge is -2.21. The minimum absolute atomic E-state index is 0.119. The highest BCUT2D eigenvalue weighted by Gasteiger charge is 2.22. The average molecular weight is 405 g/mol. The summed E-state index contributed by atoms with van der Waals surface area (Å²) < 4.78 is 5.42. The summed E-state index contributed by atoms with van der Waals surface area (Å²) in [5.41, 5.74) is 4.37. The van der Waals surface area contributed by atoms with E-state index >= 15 is 0 Å². The molecule has 0 fully saturated rings. The molecule has 0 radical (unpaired) electrons. The number of esters is 1. The Balaban J connectivity index is 1.69. The van der Waals surface area contributed by atoms with Crippen LogP contribution in [0.15, 0.2) is 48.5 Å². The number of ether oxygens (including phenoxy) is 1. The van der Waals surface area contributed by atoms with Crippen LogP contribution in [0.25, 0.3) is 11.0 Å². The van der Waals surface area contributed by atoms with Gasteiger partial charge in [0.2, 0.25) is 0 Å². The molecule has 0 aliphatic rings. The van der Waals surface area contributed by atoms with Crippen LogP contribution in [-0.2, 0) is 9.53 Å². The second-order valence-corrected chi connectivity index (χ2v) is 7.41. The van der Waals surface area contributed by atoms with E-state index < -0.39 is 12.1 Å². The maximum atomic E-state index is 12.7. The normalized spacial score (nSPS) is 12.9. The van der Waals surface area contributed by atoms with E-state index in [1.807, 2.05) is 44.2 Å². The first-order chi connectivity index (χ1) is 14.4. The van der Waals surface area contributed by atoms with Gasteiger partial charge in [-0.25, -0.2) is 14.8 Å². The molecule has 6 nitrogen and oxygen atoms in total. The van der Waals surface area contributed by atoms with Crippen molar-refractivity contribution in [2.45, 2.75) is 52.7 Å². The zero-order valence-electron chi connectivity index (χ0n) is 17.8. The van der Waals surface area contributed by atoms with Gasteiger partial charge in [0.1, 0.15) is 0 Å². The first-order valence-corrected chi connectivity index (χ1v) is 10.2. The lowest BCUT2D eigenvalue weighted by Crippen LogP contribution is -2.38. The van der Waals surface area contributed by atoms with Crippen LogP contribution in [0.2, 0.25) is 0 Å². The summed E-state index contributed by atoms with van der Waals surface area (Å²) in [4.78, 5) is 34.2. The SMILES string of the molecule is CCC[C@H](NC(=O)[C@H](C)OC(=O)c1ccc2nc(C)c(C)nc2c1)c1ccccc1. The van der Waals surface area contributed by atoms with Gasteiger partial charge in [0.15, 0.2) is 6.10 Å². The maximum Gasteiger partial charge on any atom is 0.338 e. The molecule has 3 rings (SSSR count).